The number of nitrogens with one attached hydrogen (secondary N) is 1. The molecule has 132 valence electrons. The number of aliphatic hydroxyl groups excluding tert-OH is 1. The van der Waals surface area contributed by atoms with E-state index >= 15 is 0 Å². The van der Waals surface area contributed by atoms with Gasteiger partial charge in [0.1, 0.15) is 0 Å². The van der Waals surface area contributed by atoms with Crippen LogP contribution in [-0.2, 0) is 0 Å². The maximum atomic E-state index is 14.1. The van der Waals surface area contributed by atoms with Crippen LogP contribution < -0.4 is 10.2 Å². The highest BCUT2D eigenvalue weighted by Gasteiger charge is 2.36. The molecule has 1 aliphatic carbocycles. The second-order valence-electron chi connectivity index (χ2n) is 6.82. The Morgan fingerprint density at radius 1 is 1.20 bits per heavy atom. The highest BCUT2D eigenvalue weighted by atomic mass is 19.1. The molecule has 2 aliphatic rings. The van der Waals surface area contributed by atoms with Crippen molar-refractivity contribution in [1.82, 2.24) is 15.0 Å². The fourth-order valence-electron chi connectivity index (χ4n) is 3.61. The Balaban J connectivity index is 1.58. The molecule has 2 N–H and O–H groups in total. The lowest BCUT2D eigenvalue weighted by atomic mass is 9.76. The lowest BCUT2D eigenvalue weighted by Gasteiger charge is -2.37. The first-order valence-corrected chi connectivity index (χ1v) is 8.84. The van der Waals surface area contributed by atoms with E-state index in [0.29, 0.717) is 24.6 Å². The zero-order valence-corrected chi connectivity index (χ0v) is 14.0. The Bertz CT molecular complexity index is 717. The first-order chi connectivity index (χ1) is 12.2. The SMILES string of the molecule is OC1CC([C@H](Nc2ncc(F)c(N3CCCC3)n2)c2ccccn2)C1. The van der Waals surface area contributed by atoms with Crippen LogP contribution in [0.2, 0.25) is 0 Å². The summed E-state index contributed by atoms with van der Waals surface area (Å²) < 4.78 is 14.1. The molecule has 0 aromatic carbocycles. The summed E-state index contributed by atoms with van der Waals surface area (Å²) in [7, 11) is 0. The van der Waals surface area contributed by atoms with Crippen molar-refractivity contribution in [3.8, 4) is 0 Å². The minimum Gasteiger partial charge on any atom is -0.393 e. The summed E-state index contributed by atoms with van der Waals surface area (Å²) in [6, 6.07) is 5.66. The number of aromatic nitrogens is 3. The first kappa shape index (κ1) is 16.2. The molecule has 0 radical (unpaired) electrons. The standard InChI is InChI=1S/C18H22FN5O/c19-14-11-21-18(23-17(14)24-7-3-4-8-24)22-16(12-9-13(25)10-12)15-5-1-2-6-20-15/h1-2,5-6,11-13,16,25H,3-4,7-10H2,(H,21,22,23)/t12?,13?,16-/m0/s1. The van der Waals surface area contributed by atoms with Crippen LogP contribution in [0.15, 0.2) is 30.6 Å². The molecule has 0 amide bonds. The van der Waals surface area contributed by atoms with Crippen LogP contribution in [0, 0.1) is 11.7 Å². The van der Waals surface area contributed by atoms with E-state index in [-0.39, 0.29) is 23.9 Å². The number of rotatable bonds is 5. The predicted molar refractivity (Wildman–Crippen MR) is 92.8 cm³/mol. The zero-order valence-electron chi connectivity index (χ0n) is 14.0. The molecule has 7 heteroatoms. The van der Waals surface area contributed by atoms with E-state index in [1.807, 2.05) is 23.1 Å². The fraction of sp³-hybridized carbons (Fsp3) is 0.500. The molecule has 1 saturated heterocycles. The van der Waals surface area contributed by atoms with E-state index in [2.05, 4.69) is 20.3 Å². The summed E-state index contributed by atoms with van der Waals surface area (Å²) in [5.74, 6) is 0.637. The van der Waals surface area contributed by atoms with Gasteiger partial charge in [0.05, 0.1) is 24.0 Å². The van der Waals surface area contributed by atoms with Crippen molar-refractivity contribution >= 4 is 11.8 Å². The van der Waals surface area contributed by atoms with Crippen molar-refractivity contribution in [2.24, 2.45) is 5.92 Å². The van der Waals surface area contributed by atoms with E-state index in [1.165, 1.54) is 6.20 Å². The van der Waals surface area contributed by atoms with E-state index in [0.717, 1.165) is 31.6 Å². The number of pyridine rings is 1. The third-order valence-corrected chi connectivity index (χ3v) is 5.04. The largest absolute Gasteiger partial charge is 0.393 e. The molecule has 1 aliphatic heterocycles. The predicted octanol–water partition coefficient (Wildman–Crippen LogP) is 2.54. The number of nitrogens with zero attached hydrogens (tertiary/aromatic N) is 4. The van der Waals surface area contributed by atoms with Gasteiger partial charge in [-0.2, -0.15) is 4.98 Å². The molecule has 25 heavy (non-hydrogen) atoms. The van der Waals surface area contributed by atoms with Crippen molar-refractivity contribution < 1.29 is 9.50 Å². The molecule has 2 aromatic rings. The number of aliphatic hydroxyl groups is 1. The van der Waals surface area contributed by atoms with Crippen molar-refractivity contribution in [1.29, 1.82) is 0 Å². The second kappa shape index (κ2) is 6.92. The lowest BCUT2D eigenvalue weighted by molar-refractivity contribution is 0.0333. The quantitative estimate of drug-likeness (QED) is 0.869. The molecule has 0 unspecified atom stereocenters. The molecule has 2 aromatic heterocycles. The van der Waals surface area contributed by atoms with Gasteiger partial charge in [0.25, 0.3) is 0 Å². The van der Waals surface area contributed by atoms with Crippen LogP contribution in [0.25, 0.3) is 0 Å². The van der Waals surface area contributed by atoms with Crippen LogP contribution in [0.3, 0.4) is 0 Å². The molecule has 1 atom stereocenters. The summed E-state index contributed by atoms with van der Waals surface area (Å²) in [6.07, 6.45) is 6.27. The molecule has 3 heterocycles. The number of hydrogen-bond acceptors (Lipinski definition) is 6. The topological polar surface area (TPSA) is 74.2 Å². The molecule has 1 saturated carbocycles. The van der Waals surface area contributed by atoms with Crippen LogP contribution in [-0.4, -0.2) is 39.3 Å². The van der Waals surface area contributed by atoms with Gasteiger partial charge in [-0.05, 0) is 43.7 Å². The van der Waals surface area contributed by atoms with E-state index < -0.39 is 0 Å². The van der Waals surface area contributed by atoms with E-state index in [4.69, 9.17) is 0 Å². The van der Waals surface area contributed by atoms with Gasteiger partial charge in [-0.3, -0.25) is 4.98 Å². The van der Waals surface area contributed by atoms with Crippen molar-refractivity contribution in [2.45, 2.75) is 37.8 Å². The zero-order chi connectivity index (χ0) is 17.2. The normalized spacial score (nSPS) is 24.0. The average Bonchev–Trinajstić information content (AvgIpc) is 3.14. The summed E-state index contributed by atoms with van der Waals surface area (Å²) in [5.41, 5.74) is 0.884. The Hall–Kier alpha value is -2.28. The molecule has 0 spiro atoms. The maximum Gasteiger partial charge on any atom is 0.225 e. The minimum absolute atomic E-state index is 0.0958. The van der Waals surface area contributed by atoms with E-state index in [1.54, 1.807) is 6.20 Å². The summed E-state index contributed by atoms with van der Waals surface area (Å²) >= 11 is 0. The van der Waals surface area contributed by atoms with E-state index in [9.17, 15) is 9.50 Å². The number of hydrogen-bond donors (Lipinski definition) is 2. The van der Waals surface area contributed by atoms with Crippen LogP contribution in [0.5, 0.6) is 0 Å². The smallest absolute Gasteiger partial charge is 0.225 e. The molecule has 6 nitrogen and oxygen atoms in total. The minimum atomic E-state index is -0.388. The van der Waals surface area contributed by atoms with Crippen molar-refractivity contribution in [3.05, 3.63) is 42.1 Å². The monoisotopic (exact) mass is 343 g/mol. The third kappa shape index (κ3) is 3.42. The maximum absolute atomic E-state index is 14.1. The highest BCUT2D eigenvalue weighted by molar-refractivity contribution is 5.45. The van der Waals surface area contributed by atoms with Crippen molar-refractivity contribution in [2.75, 3.05) is 23.3 Å². The summed E-state index contributed by atoms with van der Waals surface area (Å²) in [4.78, 5) is 14.9. The van der Waals surface area contributed by atoms with Crippen LogP contribution in [0.4, 0.5) is 16.2 Å². The molecule has 0 bridgehead atoms. The highest BCUT2D eigenvalue weighted by Crippen LogP contribution is 2.39. The number of anilines is 2. The third-order valence-electron chi connectivity index (χ3n) is 5.04. The molecule has 2 fully saturated rings. The van der Waals surface area contributed by atoms with Gasteiger partial charge in [0, 0.05) is 19.3 Å². The number of halogens is 1. The van der Waals surface area contributed by atoms with Crippen LogP contribution in [0.1, 0.15) is 37.4 Å². The summed E-state index contributed by atoms with van der Waals surface area (Å²) in [5, 5.41) is 13.0. The van der Waals surface area contributed by atoms with Gasteiger partial charge in [0.15, 0.2) is 11.6 Å². The lowest BCUT2D eigenvalue weighted by Crippen LogP contribution is -2.36. The first-order valence-electron chi connectivity index (χ1n) is 8.84. The molecular weight excluding hydrogens is 321 g/mol. The second-order valence-corrected chi connectivity index (χ2v) is 6.82. The Morgan fingerprint density at radius 2 is 2.00 bits per heavy atom. The van der Waals surface area contributed by atoms with Gasteiger partial charge in [-0.25, -0.2) is 9.37 Å². The fourth-order valence-corrected chi connectivity index (χ4v) is 3.61. The van der Waals surface area contributed by atoms with Gasteiger partial charge in [-0.15, -0.1) is 0 Å². The average molecular weight is 343 g/mol. The van der Waals surface area contributed by atoms with Gasteiger partial charge in [0.2, 0.25) is 5.95 Å². The van der Waals surface area contributed by atoms with Crippen molar-refractivity contribution in [3.63, 3.8) is 0 Å². The summed E-state index contributed by atoms with van der Waals surface area (Å²) in [6.45, 7) is 1.65. The van der Waals surface area contributed by atoms with Gasteiger partial charge in [-0.1, -0.05) is 6.07 Å². The Morgan fingerprint density at radius 3 is 2.68 bits per heavy atom. The Kier molecular flexibility index (Phi) is 4.48. The molecule has 4 rings (SSSR count). The van der Waals surface area contributed by atoms with Gasteiger partial charge < -0.3 is 15.3 Å². The van der Waals surface area contributed by atoms with Crippen LogP contribution >= 0.6 is 0 Å². The Labute approximate surface area is 146 Å². The molecular formula is C18H22FN5O. The van der Waals surface area contributed by atoms with Gasteiger partial charge >= 0.3 is 0 Å².